The molecular weight excluding hydrogens is 455 g/mol. The number of ketones is 1. The van der Waals surface area contributed by atoms with E-state index in [1.54, 1.807) is 35.0 Å². The molecular formula is C26H16ClFN4O2. The van der Waals surface area contributed by atoms with Gasteiger partial charge in [0.15, 0.2) is 5.92 Å². The third-order valence-corrected chi connectivity index (χ3v) is 5.89. The highest BCUT2D eigenvalue weighted by molar-refractivity contribution is 6.31. The predicted octanol–water partition coefficient (Wildman–Crippen LogP) is 5.20. The van der Waals surface area contributed by atoms with Crippen molar-refractivity contribution < 1.29 is 14.0 Å². The van der Waals surface area contributed by atoms with Gasteiger partial charge in [-0.3, -0.25) is 9.59 Å². The molecule has 0 saturated carbocycles. The number of carbonyl (C=O) groups excluding carboxylic acids is 2. The normalized spacial score (nSPS) is 12.4. The van der Waals surface area contributed by atoms with E-state index in [9.17, 15) is 19.2 Å². The minimum atomic E-state index is -1.62. The Morgan fingerprint density at radius 2 is 1.88 bits per heavy atom. The molecule has 0 fully saturated rings. The van der Waals surface area contributed by atoms with Crippen LogP contribution in [0.3, 0.4) is 0 Å². The van der Waals surface area contributed by atoms with Crippen LogP contribution in [-0.4, -0.2) is 21.5 Å². The van der Waals surface area contributed by atoms with E-state index in [0.29, 0.717) is 39.6 Å². The van der Waals surface area contributed by atoms with Gasteiger partial charge in [-0.05, 0) is 48.0 Å². The Balaban J connectivity index is 1.57. The maximum Gasteiger partial charge on any atom is 0.249 e. The van der Waals surface area contributed by atoms with E-state index in [0.717, 1.165) is 5.56 Å². The van der Waals surface area contributed by atoms with Crippen molar-refractivity contribution in [3.8, 4) is 23.0 Å². The fourth-order valence-electron chi connectivity index (χ4n) is 4.12. The van der Waals surface area contributed by atoms with E-state index in [1.165, 1.54) is 18.2 Å². The first-order valence-electron chi connectivity index (χ1n) is 10.4. The second kappa shape index (κ2) is 8.58. The minimum absolute atomic E-state index is 0.0169. The van der Waals surface area contributed by atoms with Crippen molar-refractivity contribution in [3.05, 3.63) is 100 Å². The third-order valence-electron chi connectivity index (χ3n) is 5.66. The van der Waals surface area contributed by atoms with Crippen molar-refractivity contribution in [3.63, 3.8) is 0 Å². The molecule has 34 heavy (non-hydrogen) atoms. The number of benzene rings is 3. The highest BCUT2D eigenvalue weighted by atomic mass is 35.5. The zero-order valence-electron chi connectivity index (χ0n) is 17.6. The van der Waals surface area contributed by atoms with Crippen LogP contribution in [-0.2, 0) is 11.2 Å². The number of fused-ring (bicyclic) bond motifs is 3. The summed E-state index contributed by atoms with van der Waals surface area (Å²) >= 11 is 5.96. The van der Waals surface area contributed by atoms with Crippen LogP contribution in [0.15, 0.2) is 72.8 Å². The Morgan fingerprint density at radius 1 is 1.09 bits per heavy atom. The summed E-state index contributed by atoms with van der Waals surface area (Å²) in [5, 5.41) is 17.2. The quantitative estimate of drug-likeness (QED) is 0.282. The lowest BCUT2D eigenvalue weighted by Crippen LogP contribution is -2.29. The van der Waals surface area contributed by atoms with Gasteiger partial charge in [-0.25, -0.2) is 9.07 Å². The third kappa shape index (κ3) is 3.74. The van der Waals surface area contributed by atoms with Gasteiger partial charge >= 0.3 is 0 Å². The van der Waals surface area contributed by atoms with Gasteiger partial charge in [0.05, 0.1) is 17.5 Å². The average molecular weight is 471 g/mol. The molecule has 3 aromatic carbocycles. The molecule has 4 aromatic rings. The first kappa shape index (κ1) is 21.6. The molecule has 1 unspecified atom stereocenters. The number of hydrogen-bond donors (Lipinski definition) is 1. The van der Waals surface area contributed by atoms with Crippen LogP contribution in [0, 0.1) is 23.1 Å². The van der Waals surface area contributed by atoms with Crippen molar-refractivity contribution in [2.45, 2.75) is 6.42 Å². The second-order valence-corrected chi connectivity index (χ2v) is 8.26. The molecule has 1 N–H and O–H groups in total. The summed E-state index contributed by atoms with van der Waals surface area (Å²) in [5.74, 6) is -3.53. The number of para-hydroxylation sites is 1. The van der Waals surface area contributed by atoms with Gasteiger partial charge in [-0.1, -0.05) is 41.9 Å². The summed E-state index contributed by atoms with van der Waals surface area (Å²) in [5.41, 5.74) is 3.66. The first-order valence-corrected chi connectivity index (χ1v) is 10.8. The van der Waals surface area contributed by atoms with Gasteiger partial charge in [-0.2, -0.15) is 10.4 Å². The number of nitrogens with one attached hydrogen (secondary N) is 1. The molecule has 0 spiro atoms. The molecule has 0 saturated heterocycles. The maximum absolute atomic E-state index is 14.1. The van der Waals surface area contributed by atoms with Crippen LogP contribution >= 0.6 is 11.6 Å². The lowest BCUT2D eigenvalue weighted by atomic mass is 9.98. The van der Waals surface area contributed by atoms with Crippen LogP contribution < -0.4 is 5.32 Å². The SMILES string of the molecule is N#CC(C(=O)Nc1cccc(Cl)c1)C(=O)c1nn(-c2ccccc2)c2c1Cc1ccc(F)cc1-2. The van der Waals surface area contributed by atoms with Gasteiger partial charge in [0.1, 0.15) is 11.5 Å². The predicted molar refractivity (Wildman–Crippen MR) is 125 cm³/mol. The maximum atomic E-state index is 14.1. The highest BCUT2D eigenvalue weighted by Crippen LogP contribution is 2.40. The molecule has 1 amide bonds. The van der Waals surface area contributed by atoms with Gasteiger partial charge in [-0.15, -0.1) is 0 Å². The molecule has 8 heteroatoms. The Morgan fingerprint density at radius 3 is 2.62 bits per heavy atom. The fourth-order valence-corrected chi connectivity index (χ4v) is 4.31. The number of anilines is 1. The van der Waals surface area contributed by atoms with E-state index in [-0.39, 0.29) is 5.69 Å². The number of carbonyl (C=O) groups is 2. The number of halogens is 2. The van der Waals surface area contributed by atoms with Gasteiger partial charge in [0, 0.05) is 28.3 Å². The zero-order chi connectivity index (χ0) is 23.8. The minimum Gasteiger partial charge on any atom is -0.324 e. The molecule has 1 heterocycles. The molecule has 5 rings (SSSR count). The Labute approximate surface area is 199 Å². The molecule has 6 nitrogen and oxygen atoms in total. The number of hydrogen-bond acceptors (Lipinski definition) is 4. The van der Waals surface area contributed by atoms with E-state index in [4.69, 9.17) is 11.6 Å². The number of rotatable bonds is 5. The van der Waals surface area contributed by atoms with Crippen molar-refractivity contribution in [2.75, 3.05) is 5.32 Å². The number of Topliss-reactive ketones (excluding diaryl/α,β-unsaturated/α-hetero) is 1. The van der Waals surface area contributed by atoms with Gasteiger partial charge in [0.25, 0.3) is 0 Å². The van der Waals surface area contributed by atoms with E-state index in [1.807, 2.05) is 30.3 Å². The van der Waals surface area contributed by atoms with Gasteiger partial charge < -0.3 is 5.32 Å². The number of nitrogens with zero attached hydrogens (tertiary/aromatic N) is 3. The van der Waals surface area contributed by atoms with Crippen LogP contribution in [0.2, 0.25) is 5.02 Å². The van der Waals surface area contributed by atoms with Crippen LogP contribution in [0.4, 0.5) is 10.1 Å². The molecule has 1 aliphatic rings. The smallest absolute Gasteiger partial charge is 0.249 e. The van der Waals surface area contributed by atoms with Crippen LogP contribution in [0.25, 0.3) is 16.9 Å². The Bertz CT molecular complexity index is 1490. The molecule has 0 bridgehead atoms. The Hall–Kier alpha value is -4.28. The summed E-state index contributed by atoms with van der Waals surface area (Å²) in [4.78, 5) is 26.3. The topological polar surface area (TPSA) is 87.8 Å². The highest BCUT2D eigenvalue weighted by Gasteiger charge is 2.36. The molecule has 0 radical (unpaired) electrons. The Kier molecular flexibility index (Phi) is 5.44. The number of aromatic nitrogens is 2. The van der Waals surface area contributed by atoms with E-state index < -0.39 is 23.4 Å². The lowest BCUT2D eigenvalue weighted by molar-refractivity contribution is -0.117. The van der Waals surface area contributed by atoms with E-state index in [2.05, 4.69) is 10.4 Å². The van der Waals surface area contributed by atoms with Crippen molar-refractivity contribution >= 4 is 29.0 Å². The van der Waals surface area contributed by atoms with Crippen molar-refractivity contribution in [1.82, 2.24) is 9.78 Å². The number of nitriles is 1. The zero-order valence-corrected chi connectivity index (χ0v) is 18.4. The summed E-state index contributed by atoms with van der Waals surface area (Å²) in [6.07, 6.45) is 0.340. The summed E-state index contributed by atoms with van der Waals surface area (Å²) in [6.45, 7) is 0. The van der Waals surface area contributed by atoms with Crippen molar-refractivity contribution in [2.24, 2.45) is 5.92 Å². The van der Waals surface area contributed by atoms with Crippen LogP contribution in [0.1, 0.15) is 21.6 Å². The molecule has 0 aliphatic heterocycles. The van der Waals surface area contributed by atoms with Gasteiger partial charge in [0.2, 0.25) is 11.7 Å². The monoisotopic (exact) mass is 470 g/mol. The summed E-state index contributed by atoms with van der Waals surface area (Å²) < 4.78 is 15.6. The summed E-state index contributed by atoms with van der Waals surface area (Å²) in [6, 6.07) is 21.8. The molecule has 166 valence electrons. The number of amides is 1. The van der Waals surface area contributed by atoms with Crippen LogP contribution in [0.5, 0.6) is 0 Å². The molecule has 1 aliphatic carbocycles. The summed E-state index contributed by atoms with van der Waals surface area (Å²) in [7, 11) is 0. The fraction of sp³-hybridized carbons (Fsp3) is 0.0769. The molecule has 1 atom stereocenters. The first-order chi connectivity index (χ1) is 16.5. The lowest BCUT2D eigenvalue weighted by Gasteiger charge is -2.10. The molecule has 1 aromatic heterocycles. The van der Waals surface area contributed by atoms with E-state index >= 15 is 0 Å². The standard InChI is InChI=1S/C26H16ClFN4O2/c27-16-5-4-6-18(12-16)30-26(34)22(14-29)25(33)23-21-11-15-9-10-17(28)13-20(15)24(21)32(31-23)19-7-2-1-3-8-19/h1-10,12-13,22H,11H2,(H,30,34). The largest absolute Gasteiger partial charge is 0.324 e. The average Bonchev–Trinajstić information content (AvgIpc) is 3.37. The van der Waals surface area contributed by atoms with Crippen molar-refractivity contribution in [1.29, 1.82) is 5.26 Å². The second-order valence-electron chi connectivity index (χ2n) is 7.83.